The molecule has 1 atom stereocenters. The summed E-state index contributed by atoms with van der Waals surface area (Å²) in [6.07, 6.45) is 1.12. The van der Waals surface area contributed by atoms with Crippen LogP contribution in [0.4, 0.5) is 0 Å². The van der Waals surface area contributed by atoms with E-state index < -0.39 is 0 Å². The molecule has 0 spiro atoms. The van der Waals surface area contributed by atoms with Crippen molar-refractivity contribution in [3.63, 3.8) is 0 Å². The second-order valence-corrected chi connectivity index (χ2v) is 4.66. The van der Waals surface area contributed by atoms with E-state index in [-0.39, 0.29) is 18.4 Å². The highest BCUT2D eigenvalue weighted by molar-refractivity contribution is 6.30. The highest BCUT2D eigenvalue weighted by Crippen LogP contribution is 2.12. The Morgan fingerprint density at radius 2 is 2.29 bits per heavy atom. The molecule has 0 aliphatic carbocycles. The van der Waals surface area contributed by atoms with Gasteiger partial charge in [0.15, 0.2) is 0 Å². The van der Waals surface area contributed by atoms with Crippen molar-refractivity contribution in [1.82, 2.24) is 5.32 Å². The van der Waals surface area contributed by atoms with Crippen LogP contribution in [0.25, 0.3) is 0 Å². The van der Waals surface area contributed by atoms with E-state index in [1.165, 1.54) is 0 Å². The van der Waals surface area contributed by atoms with Gasteiger partial charge in [0.2, 0.25) is 5.91 Å². The van der Waals surface area contributed by atoms with Gasteiger partial charge in [-0.25, -0.2) is 0 Å². The van der Waals surface area contributed by atoms with E-state index >= 15 is 0 Å². The number of aliphatic hydroxyl groups excluding tert-OH is 1. The third kappa shape index (κ3) is 5.71. The highest BCUT2D eigenvalue weighted by atomic mass is 35.5. The lowest BCUT2D eigenvalue weighted by atomic mass is 10.1. The molecule has 0 heterocycles. The number of rotatable bonds is 6. The number of carbonyl (C=O) groups excluding carboxylic acids is 1. The number of aliphatic hydroxyl groups is 1. The predicted molar refractivity (Wildman–Crippen MR) is 69.0 cm³/mol. The van der Waals surface area contributed by atoms with Gasteiger partial charge < -0.3 is 10.4 Å². The average Bonchev–Trinajstić information content (AvgIpc) is 2.33. The standard InChI is InChI=1S/C13H18ClNO2/c1-10(9-16)8-15-13(17)6-5-11-3-2-4-12(14)7-11/h2-4,7,10,16H,5-6,8-9H2,1H3,(H,15,17). The normalized spacial score (nSPS) is 12.2. The van der Waals surface area contributed by atoms with Crippen LogP contribution in [-0.2, 0) is 11.2 Å². The quantitative estimate of drug-likeness (QED) is 0.817. The monoisotopic (exact) mass is 255 g/mol. The summed E-state index contributed by atoms with van der Waals surface area (Å²) in [6.45, 7) is 2.50. The summed E-state index contributed by atoms with van der Waals surface area (Å²) in [5, 5.41) is 12.3. The number of hydrogen-bond donors (Lipinski definition) is 2. The number of nitrogens with one attached hydrogen (secondary N) is 1. The third-order valence-corrected chi connectivity index (χ3v) is 2.72. The molecule has 17 heavy (non-hydrogen) atoms. The SMILES string of the molecule is CC(CO)CNC(=O)CCc1cccc(Cl)c1. The second kappa shape index (κ2) is 7.30. The molecule has 0 saturated carbocycles. The van der Waals surface area contributed by atoms with Gasteiger partial charge in [-0.1, -0.05) is 30.7 Å². The minimum atomic E-state index is 0.00488. The molecule has 1 rings (SSSR count). The Balaban J connectivity index is 2.28. The molecule has 1 aromatic rings. The van der Waals surface area contributed by atoms with Gasteiger partial charge in [-0.2, -0.15) is 0 Å². The number of halogens is 1. The maximum atomic E-state index is 11.5. The zero-order valence-electron chi connectivity index (χ0n) is 9.95. The number of aryl methyl sites for hydroxylation is 1. The topological polar surface area (TPSA) is 49.3 Å². The maximum Gasteiger partial charge on any atom is 0.220 e. The van der Waals surface area contributed by atoms with Crippen LogP contribution in [0.15, 0.2) is 24.3 Å². The Bertz CT molecular complexity index is 368. The summed E-state index contributed by atoms with van der Waals surface area (Å²) in [4.78, 5) is 11.5. The first kappa shape index (κ1) is 14.0. The molecule has 0 bridgehead atoms. The summed E-state index contributed by atoms with van der Waals surface area (Å²) < 4.78 is 0. The van der Waals surface area contributed by atoms with E-state index in [0.29, 0.717) is 24.4 Å². The molecular formula is C13H18ClNO2. The molecule has 1 aromatic carbocycles. The summed E-state index contributed by atoms with van der Waals surface area (Å²) in [7, 11) is 0. The molecule has 1 unspecified atom stereocenters. The van der Waals surface area contributed by atoms with Crippen molar-refractivity contribution < 1.29 is 9.90 Å². The van der Waals surface area contributed by atoms with Crippen LogP contribution in [0.2, 0.25) is 5.02 Å². The van der Waals surface area contributed by atoms with Gasteiger partial charge in [-0.3, -0.25) is 4.79 Å². The minimum Gasteiger partial charge on any atom is -0.396 e. The summed E-state index contributed by atoms with van der Waals surface area (Å²) in [6, 6.07) is 7.51. The van der Waals surface area contributed by atoms with Crippen molar-refractivity contribution in [2.24, 2.45) is 5.92 Å². The Hall–Kier alpha value is -1.06. The molecule has 0 radical (unpaired) electrons. The van der Waals surface area contributed by atoms with Gasteiger partial charge >= 0.3 is 0 Å². The molecule has 94 valence electrons. The number of carbonyl (C=O) groups is 1. The second-order valence-electron chi connectivity index (χ2n) is 4.22. The molecule has 0 aliphatic heterocycles. The Labute approximate surface area is 107 Å². The molecule has 0 aromatic heterocycles. The molecule has 1 amide bonds. The van der Waals surface area contributed by atoms with Crippen LogP contribution in [0.1, 0.15) is 18.9 Å². The van der Waals surface area contributed by atoms with Gasteiger partial charge in [-0.05, 0) is 30.0 Å². The van der Waals surface area contributed by atoms with Gasteiger partial charge in [0.05, 0.1) is 0 Å². The zero-order chi connectivity index (χ0) is 12.7. The number of benzene rings is 1. The minimum absolute atomic E-state index is 0.00488. The van der Waals surface area contributed by atoms with E-state index in [9.17, 15) is 4.79 Å². The van der Waals surface area contributed by atoms with Crippen molar-refractivity contribution in [2.45, 2.75) is 19.8 Å². The molecular weight excluding hydrogens is 238 g/mol. The fourth-order valence-electron chi connectivity index (χ4n) is 1.39. The van der Waals surface area contributed by atoms with Gasteiger partial charge in [0, 0.05) is 24.6 Å². The average molecular weight is 256 g/mol. The Kier molecular flexibility index (Phi) is 6.01. The lowest BCUT2D eigenvalue weighted by Gasteiger charge is -2.09. The third-order valence-electron chi connectivity index (χ3n) is 2.49. The molecule has 2 N–H and O–H groups in total. The van der Waals surface area contributed by atoms with E-state index in [4.69, 9.17) is 16.7 Å². The first-order valence-electron chi connectivity index (χ1n) is 5.74. The van der Waals surface area contributed by atoms with Crippen molar-refractivity contribution in [3.05, 3.63) is 34.9 Å². The highest BCUT2D eigenvalue weighted by Gasteiger charge is 2.05. The van der Waals surface area contributed by atoms with Crippen LogP contribution in [0, 0.1) is 5.92 Å². The van der Waals surface area contributed by atoms with E-state index in [1.54, 1.807) is 0 Å². The van der Waals surface area contributed by atoms with E-state index in [0.717, 1.165) is 5.56 Å². The Morgan fingerprint density at radius 1 is 1.53 bits per heavy atom. The zero-order valence-corrected chi connectivity index (χ0v) is 10.7. The molecule has 0 saturated heterocycles. The Morgan fingerprint density at radius 3 is 2.94 bits per heavy atom. The van der Waals surface area contributed by atoms with Crippen LogP contribution >= 0.6 is 11.6 Å². The molecule has 0 fully saturated rings. The molecule has 4 heteroatoms. The maximum absolute atomic E-state index is 11.5. The number of hydrogen-bond acceptors (Lipinski definition) is 2. The molecule has 0 aliphatic rings. The fourth-order valence-corrected chi connectivity index (χ4v) is 1.60. The van der Waals surface area contributed by atoms with Crippen molar-refractivity contribution >= 4 is 17.5 Å². The molecule has 3 nitrogen and oxygen atoms in total. The van der Waals surface area contributed by atoms with Crippen molar-refractivity contribution in [3.8, 4) is 0 Å². The summed E-state index contributed by atoms with van der Waals surface area (Å²) >= 11 is 5.85. The largest absolute Gasteiger partial charge is 0.396 e. The van der Waals surface area contributed by atoms with Crippen LogP contribution < -0.4 is 5.32 Å². The smallest absolute Gasteiger partial charge is 0.220 e. The van der Waals surface area contributed by atoms with E-state index in [2.05, 4.69) is 5.32 Å². The van der Waals surface area contributed by atoms with Crippen LogP contribution in [-0.4, -0.2) is 24.2 Å². The van der Waals surface area contributed by atoms with Crippen molar-refractivity contribution in [1.29, 1.82) is 0 Å². The fraction of sp³-hybridized carbons (Fsp3) is 0.462. The van der Waals surface area contributed by atoms with Gasteiger partial charge in [-0.15, -0.1) is 0 Å². The first-order valence-corrected chi connectivity index (χ1v) is 6.11. The van der Waals surface area contributed by atoms with Gasteiger partial charge in [0.1, 0.15) is 0 Å². The van der Waals surface area contributed by atoms with Crippen LogP contribution in [0.5, 0.6) is 0 Å². The summed E-state index contributed by atoms with van der Waals surface area (Å²) in [5.41, 5.74) is 1.06. The summed E-state index contributed by atoms with van der Waals surface area (Å²) in [5.74, 6) is 0.107. The lowest BCUT2D eigenvalue weighted by Crippen LogP contribution is -2.29. The first-order chi connectivity index (χ1) is 8.11. The number of amides is 1. The lowest BCUT2D eigenvalue weighted by molar-refractivity contribution is -0.121. The predicted octanol–water partition coefficient (Wildman–Crippen LogP) is 2.02. The van der Waals surface area contributed by atoms with Crippen LogP contribution in [0.3, 0.4) is 0 Å². The van der Waals surface area contributed by atoms with E-state index in [1.807, 2.05) is 31.2 Å². The van der Waals surface area contributed by atoms with Gasteiger partial charge in [0.25, 0.3) is 0 Å². The van der Waals surface area contributed by atoms with Crippen molar-refractivity contribution in [2.75, 3.05) is 13.2 Å².